The van der Waals surface area contributed by atoms with Gasteiger partial charge < -0.3 is 9.47 Å². The molecule has 3 rings (SSSR count). The molecule has 0 bridgehead atoms. The summed E-state index contributed by atoms with van der Waals surface area (Å²) < 4.78 is 11.4. The van der Waals surface area contributed by atoms with Crippen molar-refractivity contribution in [2.75, 3.05) is 13.7 Å². The Morgan fingerprint density at radius 1 is 1.19 bits per heavy atom. The Morgan fingerprint density at radius 2 is 2.00 bits per heavy atom. The van der Waals surface area contributed by atoms with Gasteiger partial charge in [0.15, 0.2) is 0 Å². The van der Waals surface area contributed by atoms with Crippen molar-refractivity contribution in [1.29, 1.82) is 0 Å². The summed E-state index contributed by atoms with van der Waals surface area (Å²) in [6.07, 6.45) is 5.70. The second-order valence-electron chi connectivity index (χ2n) is 4.83. The van der Waals surface area contributed by atoms with E-state index in [9.17, 15) is 0 Å². The van der Waals surface area contributed by atoms with Crippen LogP contribution in [-0.4, -0.2) is 18.7 Å². The van der Waals surface area contributed by atoms with Crippen molar-refractivity contribution in [3.8, 4) is 5.75 Å². The van der Waals surface area contributed by atoms with E-state index in [1.807, 2.05) is 36.4 Å². The molecule has 1 aliphatic rings. The molecule has 21 heavy (non-hydrogen) atoms. The summed E-state index contributed by atoms with van der Waals surface area (Å²) >= 11 is 6.24. The first-order valence-corrected chi connectivity index (χ1v) is 7.20. The topological polar surface area (TPSA) is 31.4 Å². The van der Waals surface area contributed by atoms with Crippen molar-refractivity contribution in [2.45, 2.75) is 12.0 Å². The number of pyridine rings is 1. The minimum Gasteiger partial charge on any atom is -0.496 e. The summed E-state index contributed by atoms with van der Waals surface area (Å²) in [4.78, 5) is 4.16. The van der Waals surface area contributed by atoms with Crippen LogP contribution in [-0.2, 0) is 4.74 Å². The Bertz CT molecular complexity index is 657. The fourth-order valence-electron chi connectivity index (χ4n) is 2.67. The van der Waals surface area contributed by atoms with Crippen molar-refractivity contribution >= 4 is 11.6 Å². The molecule has 1 aromatic heterocycles. The molecule has 0 radical (unpaired) electrons. The van der Waals surface area contributed by atoms with E-state index in [0.717, 1.165) is 16.9 Å². The lowest BCUT2D eigenvalue weighted by Gasteiger charge is -2.29. The molecule has 0 saturated heterocycles. The molecule has 0 amide bonds. The number of methoxy groups -OCH3 is 1. The minimum absolute atomic E-state index is 0.0524. The SMILES string of the molecule is COc1ccccc1[C@@H]1C=CCO[C@H]1c1cccnc1Cl. The molecule has 2 heterocycles. The monoisotopic (exact) mass is 301 g/mol. The summed E-state index contributed by atoms with van der Waals surface area (Å²) in [6.45, 7) is 0.571. The Labute approximate surface area is 129 Å². The van der Waals surface area contributed by atoms with Crippen LogP contribution >= 0.6 is 11.6 Å². The van der Waals surface area contributed by atoms with Crippen LogP contribution in [0.15, 0.2) is 54.7 Å². The standard InChI is InChI=1S/C17H16ClNO2/c1-20-15-9-3-2-6-12(15)13-8-5-11-21-16(13)14-7-4-10-19-17(14)18/h2-10,13,16H,11H2,1H3/t13-,16+/m0/s1. The number of rotatable bonds is 3. The van der Waals surface area contributed by atoms with Gasteiger partial charge in [0.05, 0.1) is 19.8 Å². The van der Waals surface area contributed by atoms with Crippen molar-refractivity contribution in [3.05, 3.63) is 71.0 Å². The van der Waals surface area contributed by atoms with Crippen LogP contribution in [0.2, 0.25) is 5.15 Å². The van der Waals surface area contributed by atoms with E-state index in [2.05, 4.69) is 17.1 Å². The first-order chi connectivity index (χ1) is 10.3. The number of aromatic nitrogens is 1. The number of hydrogen-bond acceptors (Lipinski definition) is 3. The maximum Gasteiger partial charge on any atom is 0.134 e. The highest BCUT2D eigenvalue weighted by Crippen LogP contribution is 2.42. The zero-order valence-corrected chi connectivity index (χ0v) is 12.5. The molecule has 0 aliphatic carbocycles. The highest BCUT2D eigenvalue weighted by Gasteiger charge is 2.29. The molecule has 3 nitrogen and oxygen atoms in total. The molecule has 0 N–H and O–H groups in total. The van der Waals surface area contributed by atoms with Gasteiger partial charge in [-0.1, -0.05) is 48.0 Å². The van der Waals surface area contributed by atoms with Gasteiger partial charge in [-0.2, -0.15) is 0 Å². The number of ether oxygens (including phenoxy) is 2. The lowest BCUT2D eigenvalue weighted by molar-refractivity contribution is 0.0529. The molecular formula is C17H16ClNO2. The van der Waals surface area contributed by atoms with Gasteiger partial charge in [-0.25, -0.2) is 4.98 Å². The smallest absolute Gasteiger partial charge is 0.134 e. The summed E-state index contributed by atoms with van der Waals surface area (Å²) in [7, 11) is 1.68. The van der Waals surface area contributed by atoms with E-state index in [1.165, 1.54) is 0 Å². The molecule has 0 unspecified atom stereocenters. The molecule has 0 saturated carbocycles. The molecule has 1 aromatic carbocycles. The lowest BCUT2D eigenvalue weighted by atomic mass is 9.87. The second-order valence-corrected chi connectivity index (χ2v) is 5.19. The van der Waals surface area contributed by atoms with E-state index < -0.39 is 0 Å². The second kappa shape index (κ2) is 6.29. The van der Waals surface area contributed by atoms with Crippen molar-refractivity contribution in [1.82, 2.24) is 4.98 Å². The first kappa shape index (κ1) is 14.1. The Morgan fingerprint density at radius 3 is 2.81 bits per heavy atom. The highest BCUT2D eigenvalue weighted by atomic mass is 35.5. The molecule has 108 valence electrons. The average molecular weight is 302 g/mol. The van der Waals surface area contributed by atoms with Crippen LogP contribution in [0.5, 0.6) is 5.75 Å². The van der Waals surface area contributed by atoms with E-state index in [0.29, 0.717) is 11.8 Å². The molecule has 0 fully saturated rings. The molecule has 2 atom stereocenters. The van der Waals surface area contributed by atoms with E-state index in [4.69, 9.17) is 21.1 Å². The summed E-state index contributed by atoms with van der Waals surface area (Å²) in [6, 6.07) is 11.8. The average Bonchev–Trinajstić information content (AvgIpc) is 2.55. The molecule has 4 heteroatoms. The summed E-state index contributed by atoms with van der Waals surface area (Å²) in [5.41, 5.74) is 1.99. The fourth-order valence-corrected chi connectivity index (χ4v) is 2.90. The van der Waals surface area contributed by atoms with Gasteiger partial charge >= 0.3 is 0 Å². The Hall–Kier alpha value is -1.84. The molecule has 0 spiro atoms. The predicted octanol–water partition coefficient (Wildman–Crippen LogP) is 4.15. The van der Waals surface area contributed by atoms with Crippen LogP contribution < -0.4 is 4.74 Å². The van der Waals surface area contributed by atoms with Gasteiger partial charge in [0.1, 0.15) is 10.9 Å². The van der Waals surface area contributed by atoms with Crippen molar-refractivity contribution in [2.24, 2.45) is 0 Å². The van der Waals surface area contributed by atoms with Crippen LogP contribution in [0.1, 0.15) is 23.1 Å². The maximum absolute atomic E-state index is 6.24. The van der Waals surface area contributed by atoms with Crippen LogP contribution in [0.25, 0.3) is 0 Å². The third kappa shape index (κ3) is 2.80. The van der Waals surface area contributed by atoms with Crippen molar-refractivity contribution in [3.63, 3.8) is 0 Å². The zero-order chi connectivity index (χ0) is 14.7. The van der Waals surface area contributed by atoms with E-state index >= 15 is 0 Å². The van der Waals surface area contributed by atoms with Gasteiger partial charge in [-0.3, -0.25) is 0 Å². The lowest BCUT2D eigenvalue weighted by Crippen LogP contribution is -2.18. The number of para-hydroxylation sites is 1. The Kier molecular flexibility index (Phi) is 4.23. The number of halogens is 1. The van der Waals surface area contributed by atoms with Gasteiger partial charge in [-0.05, 0) is 12.1 Å². The van der Waals surface area contributed by atoms with E-state index in [-0.39, 0.29) is 12.0 Å². The molecular weight excluding hydrogens is 286 g/mol. The predicted molar refractivity (Wildman–Crippen MR) is 82.8 cm³/mol. The first-order valence-electron chi connectivity index (χ1n) is 6.83. The largest absolute Gasteiger partial charge is 0.496 e. The summed E-state index contributed by atoms with van der Waals surface area (Å²) in [5, 5.41) is 0.484. The number of nitrogens with zero attached hydrogens (tertiary/aromatic N) is 1. The normalized spacial score (nSPS) is 21.2. The Balaban J connectivity index is 2.05. The van der Waals surface area contributed by atoms with Crippen LogP contribution in [0, 0.1) is 0 Å². The molecule has 2 aromatic rings. The van der Waals surface area contributed by atoms with Gasteiger partial charge in [0.25, 0.3) is 0 Å². The third-order valence-corrected chi connectivity index (χ3v) is 3.95. The third-order valence-electron chi connectivity index (χ3n) is 3.63. The summed E-state index contributed by atoms with van der Waals surface area (Å²) in [5.74, 6) is 0.902. The van der Waals surface area contributed by atoms with Gasteiger partial charge in [0.2, 0.25) is 0 Å². The fraction of sp³-hybridized carbons (Fsp3) is 0.235. The number of hydrogen-bond donors (Lipinski definition) is 0. The van der Waals surface area contributed by atoms with E-state index in [1.54, 1.807) is 13.3 Å². The minimum atomic E-state index is -0.160. The highest BCUT2D eigenvalue weighted by molar-refractivity contribution is 6.30. The van der Waals surface area contributed by atoms with Gasteiger partial charge in [-0.15, -0.1) is 0 Å². The molecule has 1 aliphatic heterocycles. The van der Waals surface area contributed by atoms with Crippen LogP contribution in [0.3, 0.4) is 0 Å². The zero-order valence-electron chi connectivity index (χ0n) is 11.7. The maximum atomic E-state index is 6.24. The van der Waals surface area contributed by atoms with Crippen LogP contribution in [0.4, 0.5) is 0 Å². The van der Waals surface area contributed by atoms with Gasteiger partial charge in [0, 0.05) is 23.2 Å². The number of benzene rings is 1. The van der Waals surface area contributed by atoms with Crippen molar-refractivity contribution < 1.29 is 9.47 Å². The quantitative estimate of drug-likeness (QED) is 0.630.